The fraction of sp³-hybridized carbons (Fsp3) is 0.444. The molecule has 1 nitrogen and oxygen atoms in total. The number of rotatable bonds is 0. The second-order valence-corrected chi connectivity index (χ2v) is 3.72. The van der Waals surface area contributed by atoms with Gasteiger partial charge in [0.25, 0.3) is 0 Å². The van der Waals surface area contributed by atoms with Crippen molar-refractivity contribution in [1.29, 1.82) is 0 Å². The molecule has 0 bridgehead atoms. The van der Waals surface area contributed by atoms with Crippen molar-refractivity contribution in [1.82, 2.24) is 4.98 Å². The molecular formula is C9H12BN. The van der Waals surface area contributed by atoms with E-state index >= 15 is 0 Å². The summed E-state index contributed by atoms with van der Waals surface area (Å²) in [6, 6.07) is 3.91. The standard InChI is InChI=1S/C9H12BN/c1-9(2,3)7-4-5-11-8(10)6-7/h4-6H,1-3H3. The molecule has 0 spiro atoms. The maximum Gasteiger partial charge on any atom is 0.141 e. The van der Waals surface area contributed by atoms with E-state index in [4.69, 9.17) is 7.85 Å². The molecule has 2 heteroatoms. The van der Waals surface area contributed by atoms with Crippen LogP contribution in [0.1, 0.15) is 26.3 Å². The number of hydrogen-bond donors (Lipinski definition) is 0. The van der Waals surface area contributed by atoms with Crippen LogP contribution in [-0.2, 0) is 5.41 Å². The van der Waals surface area contributed by atoms with Crippen LogP contribution in [0.2, 0.25) is 0 Å². The van der Waals surface area contributed by atoms with E-state index in [0.29, 0.717) is 5.59 Å². The molecular weight excluding hydrogens is 133 g/mol. The quantitative estimate of drug-likeness (QED) is 0.499. The van der Waals surface area contributed by atoms with E-state index < -0.39 is 0 Å². The molecule has 1 aromatic heterocycles. The third-order valence-electron chi connectivity index (χ3n) is 1.65. The summed E-state index contributed by atoms with van der Waals surface area (Å²) < 4.78 is 0. The van der Waals surface area contributed by atoms with E-state index in [1.54, 1.807) is 6.20 Å². The third-order valence-corrected chi connectivity index (χ3v) is 1.65. The number of hydrogen-bond acceptors (Lipinski definition) is 1. The summed E-state index contributed by atoms with van der Waals surface area (Å²) in [5.41, 5.74) is 1.99. The van der Waals surface area contributed by atoms with Gasteiger partial charge in [0.1, 0.15) is 7.85 Å². The molecule has 0 amide bonds. The zero-order valence-electron chi connectivity index (χ0n) is 7.26. The summed E-state index contributed by atoms with van der Waals surface area (Å²) in [5, 5.41) is 0. The predicted octanol–water partition coefficient (Wildman–Crippen LogP) is 1.17. The van der Waals surface area contributed by atoms with Crippen molar-refractivity contribution < 1.29 is 0 Å². The molecule has 0 aliphatic carbocycles. The Morgan fingerprint density at radius 1 is 1.36 bits per heavy atom. The highest BCUT2D eigenvalue weighted by atomic mass is 14.6. The van der Waals surface area contributed by atoms with Crippen LogP contribution < -0.4 is 5.59 Å². The highest BCUT2D eigenvalue weighted by Crippen LogP contribution is 2.19. The fourth-order valence-corrected chi connectivity index (χ4v) is 0.915. The van der Waals surface area contributed by atoms with E-state index in [1.807, 2.05) is 12.1 Å². The van der Waals surface area contributed by atoms with Crippen molar-refractivity contribution in [2.24, 2.45) is 0 Å². The minimum Gasteiger partial charge on any atom is -0.273 e. The van der Waals surface area contributed by atoms with Gasteiger partial charge in [0.05, 0.1) is 0 Å². The van der Waals surface area contributed by atoms with Crippen molar-refractivity contribution in [2.45, 2.75) is 26.2 Å². The lowest BCUT2D eigenvalue weighted by Gasteiger charge is -2.18. The van der Waals surface area contributed by atoms with Gasteiger partial charge in [-0.1, -0.05) is 20.8 Å². The maximum absolute atomic E-state index is 5.54. The van der Waals surface area contributed by atoms with Gasteiger partial charge in [0.15, 0.2) is 0 Å². The van der Waals surface area contributed by atoms with Gasteiger partial charge in [-0.2, -0.15) is 0 Å². The average Bonchev–Trinajstić information content (AvgIpc) is 1.86. The minimum absolute atomic E-state index is 0.164. The van der Waals surface area contributed by atoms with Crippen LogP contribution in [0.3, 0.4) is 0 Å². The lowest BCUT2D eigenvalue weighted by atomic mass is 9.85. The lowest BCUT2D eigenvalue weighted by molar-refractivity contribution is 0.590. The molecule has 56 valence electrons. The molecule has 0 saturated carbocycles. The van der Waals surface area contributed by atoms with Crippen LogP contribution in [0.15, 0.2) is 18.3 Å². The molecule has 0 unspecified atom stereocenters. The molecule has 0 aliphatic heterocycles. The van der Waals surface area contributed by atoms with Gasteiger partial charge < -0.3 is 0 Å². The summed E-state index contributed by atoms with van der Waals surface area (Å²) in [6.07, 6.45) is 1.75. The second-order valence-electron chi connectivity index (χ2n) is 3.72. The number of nitrogens with zero attached hydrogens (tertiary/aromatic N) is 1. The zero-order valence-corrected chi connectivity index (χ0v) is 7.26. The first-order chi connectivity index (χ1) is 5.00. The van der Waals surface area contributed by atoms with Crippen molar-refractivity contribution in [3.63, 3.8) is 0 Å². The molecule has 0 saturated heterocycles. The summed E-state index contributed by atoms with van der Waals surface area (Å²) in [4.78, 5) is 3.93. The monoisotopic (exact) mass is 145 g/mol. The smallest absolute Gasteiger partial charge is 0.141 e. The Labute approximate surface area is 69.3 Å². The van der Waals surface area contributed by atoms with Crippen molar-refractivity contribution in [2.75, 3.05) is 0 Å². The molecule has 0 N–H and O–H groups in total. The van der Waals surface area contributed by atoms with Crippen LogP contribution >= 0.6 is 0 Å². The first-order valence-electron chi connectivity index (χ1n) is 3.72. The van der Waals surface area contributed by atoms with Gasteiger partial charge in [-0.3, -0.25) is 4.98 Å². The van der Waals surface area contributed by atoms with Crippen LogP contribution in [0.5, 0.6) is 0 Å². The Bertz CT molecular complexity index is 250. The molecule has 0 aromatic carbocycles. The Morgan fingerprint density at radius 2 is 2.00 bits per heavy atom. The summed E-state index contributed by atoms with van der Waals surface area (Å²) in [7, 11) is 5.54. The minimum atomic E-state index is 0.164. The van der Waals surface area contributed by atoms with Crippen LogP contribution in [-0.4, -0.2) is 12.8 Å². The van der Waals surface area contributed by atoms with Crippen LogP contribution in [0.4, 0.5) is 0 Å². The van der Waals surface area contributed by atoms with Gasteiger partial charge in [-0.25, -0.2) is 0 Å². The second kappa shape index (κ2) is 2.69. The molecule has 1 aromatic rings. The highest BCUT2D eigenvalue weighted by molar-refractivity contribution is 6.30. The van der Waals surface area contributed by atoms with Crippen molar-refractivity contribution in [3.8, 4) is 0 Å². The maximum atomic E-state index is 5.54. The zero-order chi connectivity index (χ0) is 8.48. The molecule has 0 aliphatic rings. The largest absolute Gasteiger partial charge is 0.273 e. The van der Waals surface area contributed by atoms with E-state index in [9.17, 15) is 0 Å². The van der Waals surface area contributed by atoms with E-state index in [2.05, 4.69) is 25.8 Å². The SMILES string of the molecule is [B]c1cc(C(C)(C)C)ccn1. The molecule has 11 heavy (non-hydrogen) atoms. The summed E-state index contributed by atoms with van der Waals surface area (Å²) in [5.74, 6) is 0. The Kier molecular flexibility index (Phi) is 2.03. The van der Waals surface area contributed by atoms with Gasteiger partial charge in [0, 0.05) is 6.20 Å². The van der Waals surface area contributed by atoms with Gasteiger partial charge in [-0.15, -0.1) is 0 Å². The molecule has 0 fully saturated rings. The molecule has 1 rings (SSSR count). The van der Waals surface area contributed by atoms with Gasteiger partial charge >= 0.3 is 0 Å². The van der Waals surface area contributed by atoms with Crippen LogP contribution in [0.25, 0.3) is 0 Å². The molecule has 1 heterocycles. The summed E-state index contributed by atoms with van der Waals surface area (Å²) >= 11 is 0. The van der Waals surface area contributed by atoms with E-state index in [1.165, 1.54) is 5.56 Å². The normalized spacial score (nSPS) is 11.5. The third kappa shape index (κ3) is 2.07. The van der Waals surface area contributed by atoms with E-state index in [0.717, 1.165) is 0 Å². The van der Waals surface area contributed by atoms with Gasteiger partial charge in [0.2, 0.25) is 0 Å². The Hall–Kier alpha value is -0.785. The Balaban J connectivity index is 3.06. The summed E-state index contributed by atoms with van der Waals surface area (Å²) in [6.45, 7) is 6.46. The lowest BCUT2D eigenvalue weighted by Crippen LogP contribution is -2.16. The van der Waals surface area contributed by atoms with E-state index in [-0.39, 0.29) is 5.41 Å². The fourth-order valence-electron chi connectivity index (χ4n) is 0.915. The predicted molar refractivity (Wildman–Crippen MR) is 48.3 cm³/mol. The number of pyridine rings is 1. The Morgan fingerprint density at radius 3 is 2.36 bits per heavy atom. The van der Waals surface area contributed by atoms with Crippen molar-refractivity contribution in [3.05, 3.63) is 23.9 Å². The topological polar surface area (TPSA) is 12.9 Å². The highest BCUT2D eigenvalue weighted by Gasteiger charge is 2.12. The van der Waals surface area contributed by atoms with Crippen LogP contribution in [0, 0.1) is 0 Å². The molecule has 0 atom stereocenters. The number of aromatic nitrogens is 1. The van der Waals surface area contributed by atoms with Gasteiger partial charge in [-0.05, 0) is 28.7 Å². The first-order valence-corrected chi connectivity index (χ1v) is 3.72. The van der Waals surface area contributed by atoms with Crippen molar-refractivity contribution >= 4 is 13.4 Å². The first kappa shape index (κ1) is 8.31. The molecule has 2 radical (unpaired) electrons. The average molecular weight is 145 g/mol.